The van der Waals surface area contributed by atoms with E-state index in [-0.39, 0.29) is 17.4 Å². The van der Waals surface area contributed by atoms with Crippen LogP contribution >= 0.6 is 0 Å². The van der Waals surface area contributed by atoms with Gasteiger partial charge in [-0.1, -0.05) is 20.8 Å². The van der Waals surface area contributed by atoms with Gasteiger partial charge in [-0.05, 0) is 6.42 Å². The lowest BCUT2D eigenvalue weighted by Gasteiger charge is -2.31. The first-order valence-electron chi connectivity index (χ1n) is 4.45. The molecule has 0 atom stereocenters. The third kappa shape index (κ3) is 1.97. The molecule has 0 saturated carbocycles. The van der Waals surface area contributed by atoms with E-state index in [0.717, 1.165) is 6.42 Å². The Morgan fingerprint density at radius 2 is 2.17 bits per heavy atom. The monoisotopic (exact) mass is 171 g/mol. The molecule has 1 heterocycles. The van der Waals surface area contributed by atoms with E-state index in [1.807, 2.05) is 20.8 Å². The van der Waals surface area contributed by atoms with Crippen LogP contribution in [0.3, 0.4) is 0 Å². The molecule has 0 aromatic heterocycles. The summed E-state index contributed by atoms with van der Waals surface area (Å²) in [5.74, 6) is 0.137. The number of amides is 1. The van der Waals surface area contributed by atoms with Crippen LogP contribution in [-0.4, -0.2) is 25.2 Å². The first-order chi connectivity index (χ1) is 5.56. The van der Waals surface area contributed by atoms with E-state index >= 15 is 0 Å². The molecule has 1 saturated heterocycles. The van der Waals surface area contributed by atoms with Crippen LogP contribution < -0.4 is 5.32 Å². The topological polar surface area (TPSA) is 38.3 Å². The highest BCUT2D eigenvalue weighted by molar-refractivity contribution is 5.82. The van der Waals surface area contributed by atoms with Crippen LogP contribution in [0.5, 0.6) is 0 Å². The average molecular weight is 171 g/mol. The van der Waals surface area contributed by atoms with Gasteiger partial charge in [0.15, 0.2) is 0 Å². The Bertz CT molecular complexity index is 173. The van der Waals surface area contributed by atoms with Crippen LogP contribution in [0, 0.1) is 5.41 Å². The van der Waals surface area contributed by atoms with Crippen molar-refractivity contribution in [3.63, 3.8) is 0 Å². The molecule has 1 rings (SSSR count). The quantitative estimate of drug-likeness (QED) is 0.686. The van der Waals surface area contributed by atoms with E-state index in [1.54, 1.807) is 0 Å². The molecule has 0 unspecified atom stereocenters. The molecular weight excluding hydrogens is 154 g/mol. The highest BCUT2D eigenvalue weighted by atomic mass is 16.5. The highest BCUT2D eigenvalue weighted by Crippen LogP contribution is 2.20. The van der Waals surface area contributed by atoms with E-state index in [2.05, 4.69) is 5.32 Å². The Morgan fingerprint density at radius 3 is 2.50 bits per heavy atom. The van der Waals surface area contributed by atoms with Crippen LogP contribution in [0.25, 0.3) is 0 Å². The minimum Gasteiger partial charge on any atom is -0.377 e. The fourth-order valence-corrected chi connectivity index (χ4v) is 0.860. The molecule has 70 valence electrons. The van der Waals surface area contributed by atoms with Crippen molar-refractivity contribution in [3.8, 4) is 0 Å². The van der Waals surface area contributed by atoms with Gasteiger partial charge in [-0.15, -0.1) is 0 Å². The molecule has 0 aromatic rings. The lowest BCUT2D eigenvalue weighted by Crippen LogP contribution is -2.52. The first-order valence-corrected chi connectivity index (χ1v) is 4.45. The van der Waals surface area contributed by atoms with Crippen molar-refractivity contribution >= 4 is 5.91 Å². The van der Waals surface area contributed by atoms with Crippen molar-refractivity contribution in [2.75, 3.05) is 13.2 Å². The van der Waals surface area contributed by atoms with Crippen molar-refractivity contribution in [2.24, 2.45) is 5.41 Å². The minimum atomic E-state index is -0.240. The van der Waals surface area contributed by atoms with Gasteiger partial charge in [0.1, 0.15) is 0 Å². The first kappa shape index (κ1) is 9.52. The molecule has 1 aliphatic heterocycles. The van der Waals surface area contributed by atoms with Crippen LogP contribution in [0.4, 0.5) is 0 Å². The number of nitrogens with one attached hydrogen (secondary N) is 1. The smallest absolute Gasteiger partial charge is 0.226 e. The van der Waals surface area contributed by atoms with E-state index in [0.29, 0.717) is 13.2 Å². The predicted molar refractivity (Wildman–Crippen MR) is 46.8 cm³/mol. The lowest BCUT2D eigenvalue weighted by atomic mass is 9.89. The maximum atomic E-state index is 11.5. The molecule has 0 radical (unpaired) electrons. The van der Waals surface area contributed by atoms with E-state index in [1.165, 1.54) is 0 Å². The second-order valence-corrected chi connectivity index (χ2v) is 3.95. The molecule has 3 nitrogen and oxygen atoms in total. The largest absolute Gasteiger partial charge is 0.377 e. The second kappa shape index (κ2) is 3.44. The molecule has 1 aliphatic rings. The molecule has 0 spiro atoms. The molecule has 1 fully saturated rings. The van der Waals surface area contributed by atoms with E-state index in [9.17, 15) is 4.79 Å². The summed E-state index contributed by atoms with van der Waals surface area (Å²) in [7, 11) is 0. The highest BCUT2D eigenvalue weighted by Gasteiger charge is 2.29. The second-order valence-electron chi connectivity index (χ2n) is 3.95. The molecule has 1 amide bonds. The Kier molecular flexibility index (Phi) is 2.73. The third-order valence-corrected chi connectivity index (χ3v) is 2.47. The zero-order valence-electron chi connectivity index (χ0n) is 8.02. The summed E-state index contributed by atoms with van der Waals surface area (Å²) in [6.07, 6.45) is 0.867. The van der Waals surface area contributed by atoms with Crippen LogP contribution in [-0.2, 0) is 9.53 Å². The van der Waals surface area contributed by atoms with Gasteiger partial charge < -0.3 is 10.1 Å². The van der Waals surface area contributed by atoms with E-state index < -0.39 is 0 Å². The molecule has 1 N–H and O–H groups in total. The Hall–Kier alpha value is -0.570. The molecule has 12 heavy (non-hydrogen) atoms. The van der Waals surface area contributed by atoms with Crippen molar-refractivity contribution < 1.29 is 9.53 Å². The maximum absolute atomic E-state index is 11.5. The predicted octanol–water partition coefficient (Wildman–Crippen LogP) is 0.938. The summed E-state index contributed by atoms with van der Waals surface area (Å²) in [5.41, 5.74) is -0.240. The summed E-state index contributed by atoms with van der Waals surface area (Å²) in [6, 6.07) is 0.253. The van der Waals surface area contributed by atoms with Gasteiger partial charge in [0.25, 0.3) is 0 Å². The number of rotatable bonds is 3. The van der Waals surface area contributed by atoms with Crippen LogP contribution in [0.2, 0.25) is 0 Å². The Balaban J connectivity index is 2.35. The molecule has 0 bridgehead atoms. The molecule has 0 aromatic carbocycles. The molecule has 0 aliphatic carbocycles. The number of carbonyl (C=O) groups is 1. The summed E-state index contributed by atoms with van der Waals surface area (Å²) in [6.45, 7) is 7.29. The van der Waals surface area contributed by atoms with Gasteiger partial charge in [0, 0.05) is 5.41 Å². The molecule has 3 heteroatoms. The normalized spacial score (nSPS) is 18.6. The van der Waals surface area contributed by atoms with Crippen molar-refractivity contribution in [3.05, 3.63) is 0 Å². The number of carbonyl (C=O) groups excluding carboxylic acids is 1. The summed E-state index contributed by atoms with van der Waals surface area (Å²) < 4.78 is 4.97. The number of hydrogen-bond acceptors (Lipinski definition) is 2. The van der Waals surface area contributed by atoms with Crippen LogP contribution in [0.1, 0.15) is 27.2 Å². The summed E-state index contributed by atoms with van der Waals surface area (Å²) >= 11 is 0. The number of hydrogen-bond donors (Lipinski definition) is 1. The summed E-state index contributed by atoms with van der Waals surface area (Å²) in [5, 5.41) is 2.94. The standard InChI is InChI=1S/C9H17NO2/c1-4-9(2,3)8(11)10-7-5-12-6-7/h7H,4-6H2,1-3H3,(H,10,11). The van der Waals surface area contributed by atoms with Crippen molar-refractivity contribution in [2.45, 2.75) is 33.2 Å². The lowest BCUT2D eigenvalue weighted by molar-refractivity contribution is -0.133. The zero-order valence-corrected chi connectivity index (χ0v) is 8.02. The van der Waals surface area contributed by atoms with Crippen molar-refractivity contribution in [1.82, 2.24) is 5.32 Å². The molecular formula is C9H17NO2. The Morgan fingerprint density at radius 1 is 1.58 bits per heavy atom. The number of ether oxygens (including phenoxy) is 1. The third-order valence-electron chi connectivity index (χ3n) is 2.47. The van der Waals surface area contributed by atoms with Gasteiger partial charge in [-0.3, -0.25) is 4.79 Å². The zero-order chi connectivity index (χ0) is 9.19. The fourth-order valence-electron chi connectivity index (χ4n) is 0.860. The van der Waals surface area contributed by atoms with Gasteiger partial charge >= 0.3 is 0 Å². The maximum Gasteiger partial charge on any atom is 0.226 e. The average Bonchev–Trinajstić information content (AvgIpc) is 1.96. The van der Waals surface area contributed by atoms with Gasteiger partial charge in [0.2, 0.25) is 5.91 Å². The minimum absolute atomic E-state index is 0.137. The Labute approximate surface area is 73.5 Å². The van der Waals surface area contributed by atoms with Crippen LogP contribution in [0.15, 0.2) is 0 Å². The fraction of sp³-hybridized carbons (Fsp3) is 0.889. The van der Waals surface area contributed by atoms with Gasteiger partial charge in [-0.2, -0.15) is 0 Å². The van der Waals surface area contributed by atoms with Gasteiger partial charge in [-0.25, -0.2) is 0 Å². The van der Waals surface area contributed by atoms with Gasteiger partial charge in [0.05, 0.1) is 19.3 Å². The SMILES string of the molecule is CCC(C)(C)C(=O)NC1COC1. The summed E-state index contributed by atoms with van der Waals surface area (Å²) in [4.78, 5) is 11.5. The van der Waals surface area contributed by atoms with Crippen molar-refractivity contribution in [1.29, 1.82) is 0 Å². The van der Waals surface area contributed by atoms with E-state index in [4.69, 9.17) is 4.74 Å².